The summed E-state index contributed by atoms with van der Waals surface area (Å²) in [5, 5.41) is 3.23. The van der Waals surface area contributed by atoms with Crippen LogP contribution in [0.25, 0.3) is 22.3 Å². The van der Waals surface area contributed by atoms with Crippen LogP contribution >= 0.6 is 11.6 Å². The van der Waals surface area contributed by atoms with Gasteiger partial charge in [0, 0.05) is 30.8 Å². The normalized spacial score (nSPS) is 11.5. The van der Waals surface area contributed by atoms with Gasteiger partial charge in [-0.15, -0.1) is 0 Å². The number of nitrogen functional groups attached to an aromatic ring is 1. The Balaban J connectivity index is 1.40. The van der Waals surface area contributed by atoms with Crippen LogP contribution in [-0.2, 0) is 16.0 Å². The van der Waals surface area contributed by atoms with Crippen molar-refractivity contribution in [2.24, 2.45) is 5.73 Å². The molecule has 7 nitrogen and oxygen atoms in total. The highest BCUT2D eigenvalue weighted by molar-refractivity contribution is 6.33. The van der Waals surface area contributed by atoms with E-state index in [1.165, 1.54) is 0 Å². The zero-order valence-electron chi connectivity index (χ0n) is 20.8. The molecule has 4 rings (SSSR count). The quantitative estimate of drug-likeness (QED) is 0.186. The summed E-state index contributed by atoms with van der Waals surface area (Å²) in [7, 11) is 0. The number of hydrogen-bond donors (Lipinski definition) is 3. The van der Waals surface area contributed by atoms with Crippen LogP contribution in [-0.4, -0.2) is 29.4 Å². The van der Waals surface area contributed by atoms with E-state index >= 15 is 0 Å². The zero-order valence-corrected chi connectivity index (χ0v) is 21.5. The van der Waals surface area contributed by atoms with Crippen molar-refractivity contribution < 1.29 is 14.3 Å². The highest BCUT2D eigenvalue weighted by Crippen LogP contribution is 2.33. The summed E-state index contributed by atoms with van der Waals surface area (Å²) < 4.78 is 6.03. The topological polar surface area (TPSA) is 120 Å². The number of hydrogen-bond acceptors (Lipinski definition) is 5. The van der Waals surface area contributed by atoms with E-state index in [4.69, 9.17) is 27.8 Å². The first-order chi connectivity index (χ1) is 18.4. The lowest BCUT2D eigenvalue weighted by atomic mass is 9.99. The standard InChI is InChI=1S/C30H29ClN4O3/c31-26-11-10-21(18-27(26)32)23-15-24(22-8-4-12-34-19-22)17-25(16-23)38-13-5-9-29(36)35-28(30(33)37)14-20-6-2-1-3-7-20/h1-4,6-8,10-12,15-19,28H,5,9,13-14,32H2,(H2,33,37)(H,35,36)/t28-/m0/s1. The lowest BCUT2D eigenvalue weighted by Gasteiger charge is -2.16. The van der Waals surface area contributed by atoms with E-state index in [-0.39, 0.29) is 12.3 Å². The van der Waals surface area contributed by atoms with Crippen LogP contribution < -0.4 is 21.5 Å². The summed E-state index contributed by atoms with van der Waals surface area (Å²) >= 11 is 6.11. The van der Waals surface area contributed by atoms with Gasteiger partial charge >= 0.3 is 0 Å². The third-order valence-corrected chi connectivity index (χ3v) is 6.35. The van der Waals surface area contributed by atoms with Crippen molar-refractivity contribution in [3.05, 3.63) is 102 Å². The Labute approximate surface area is 226 Å². The summed E-state index contributed by atoms with van der Waals surface area (Å²) in [6, 6.07) is 23.9. The van der Waals surface area contributed by atoms with Crippen molar-refractivity contribution in [3.63, 3.8) is 0 Å². The fourth-order valence-electron chi connectivity index (χ4n) is 4.03. The second-order valence-corrected chi connectivity index (χ2v) is 9.30. The number of nitrogens with one attached hydrogen (secondary N) is 1. The van der Waals surface area contributed by atoms with E-state index in [0.29, 0.717) is 35.9 Å². The highest BCUT2D eigenvalue weighted by atomic mass is 35.5. The average Bonchev–Trinajstić information content (AvgIpc) is 2.93. The molecule has 38 heavy (non-hydrogen) atoms. The van der Waals surface area contributed by atoms with Crippen LogP contribution in [0.2, 0.25) is 5.02 Å². The predicted octanol–water partition coefficient (Wildman–Crippen LogP) is 5.02. The number of primary amides is 1. The van der Waals surface area contributed by atoms with Crippen LogP contribution in [0, 0.1) is 0 Å². The zero-order chi connectivity index (χ0) is 26.9. The number of anilines is 1. The number of ether oxygens (including phenoxy) is 1. The highest BCUT2D eigenvalue weighted by Gasteiger charge is 2.18. The molecule has 1 atom stereocenters. The van der Waals surface area contributed by atoms with Crippen molar-refractivity contribution >= 4 is 29.1 Å². The summed E-state index contributed by atoms with van der Waals surface area (Å²) in [6.45, 7) is 0.312. The van der Waals surface area contributed by atoms with E-state index in [2.05, 4.69) is 10.3 Å². The van der Waals surface area contributed by atoms with Crippen LogP contribution in [0.15, 0.2) is 91.3 Å². The number of rotatable bonds is 11. The minimum absolute atomic E-state index is 0.196. The molecule has 0 aliphatic rings. The lowest BCUT2D eigenvalue weighted by molar-refractivity contribution is -0.127. The monoisotopic (exact) mass is 528 g/mol. The summed E-state index contributed by atoms with van der Waals surface area (Å²) in [4.78, 5) is 28.6. The minimum Gasteiger partial charge on any atom is -0.494 e. The Morgan fingerprint density at radius 3 is 2.37 bits per heavy atom. The van der Waals surface area contributed by atoms with Gasteiger partial charge in [-0.2, -0.15) is 0 Å². The van der Waals surface area contributed by atoms with Gasteiger partial charge in [-0.05, 0) is 65.1 Å². The summed E-state index contributed by atoms with van der Waals surface area (Å²) in [5.41, 5.74) is 16.6. The van der Waals surface area contributed by atoms with Gasteiger partial charge in [-0.3, -0.25) is 14.6 Å². The fraction of sp³-hybridized carbons (Fsp3) is 0.167. The van der Waals surface area contributed by atoms with E-state index in [1.54, 1.807) is 18.5 Å². The molecule has 0 saturated carbocycles. The van der Waals surface area contributed by atoms with Crippen molar-refractivity contribution in [2.75, 3.05) is 12.3 Å². The van der Waals surface area contributed by atoms with Gasteiger partial charge in [0.2, 0.25) is 11.8 Å². The van der Waals surface area contributed by atoms with Gasteiger partial charge in [0.15, 0.2) is 0 Å². The van der Waals surface area contributed by atoms with Gasteiger partial charge in [-0.1, -0.05) is 54.1 Å². The van der Waals surface area contributed by atoms with Crippen molar-refractivity contribution in [3.8, 4) is 28.0 Å². The second kappa shape index (κ2) is 12.7. The van der Waals surface area contributed by atoms with Crippen LogP contribution in [0.5, 0.6) is 5.75 Å². The van der Waals surface area contributed by atoms with E-state index in [9.17, 15) is 9.59 Å². The molecule has 1 aromatic heterocycles. The molecular formula is C30H29ClN4O3. The molecule has 8 heteroatoms. The molecule has 2 amide bonds. The molecule has 5 N–H and O–H groups in total. The van der Waals surface area contributed by atoms with Crippen LogP contribution in [0.3, 0.4) is 0 Å². The van der Waals surface area contributed by atoms with Gasteiger partial charge in [0.05, 0.1) is 17.3 Å². The molecule has 0 unspecified atom stereocenters. The molecular weight excluding hydrogens is 500 g/mol. The summed E-state index contributed by atoms with van der Waals surface area (Å²) in [6.07, 6.45) is 4.51. The average molecular weight is 529 g/mol. The molecule has 3 aromatic carbocycles. The molecule has 0 saturated heterocycles. The Morgan fingerprint density at radius 1 is 0.921 bits per heavy atom. The maximum atomic E-state index is 12.5. The van der Waals surface area contributed by atoms with E-state index in [1.807, 2.05) is 72.8 Å². The van der Waals surface area contributed by atoms with Crippen molar-refractivity contribution in [2.45, 2.75) is 25.3 Å². The Kier molecular flexibility index (Phi) is 8.95. The number of pyridine rings is 1. The first kappa shape index (κ1) is 26.7. The molecule has 0 spiro atoms. The number of aromatic nitrogens is 1. The fourth-order valence-corrected chi connectivity index (χ4v) is 4.15. The van der Waals surface area contributed by atoms with Gasteiger partial charge < -0.3 is 21.5 Å². The SMILES string of the molecule is NC(=O)[C@H](Cc1ccccc1)NC(=O)CCCOc1cc(-c2cccnc2)cc(-c2ccc(Cl)c(N)c2)c1. The van der Waals surface area contributed by atoms with Crippen LogP contribution in [0.4, 0.5) is 5.69 Å². The minimum atomic E-state index is -0.767. The Bertz CT molecular complexity index is 1400. The second-order valence-electron chi connectivity index (χ2n) is 8.89. The molecule has 0 aliphatic heterocycles. The first-order valence-electron chi connectivity index (χ1n) is 12.3. The molecule has 0 radical (unpaired) electrons. The van der Waals surface area contributed by atoms with Gasteiger partial charge in [0.25, 0.3) is 0 Å². The molecule has 194 valence electrons. The molecule has 0 aliphatic carbocycles. The number of carbonyl (C=O) groups excluding carboxylic acids is 2. The smallest absolute Gasteiger partial charge is 0.240 e. The number of benzene rings is 3. The lowest BCUT2D eigenvalue weighted by Crippen LogP contribution is -2.45. The number of nitrogens with zero attached hydrogens (tertiary/aromatic N) is 1. The Morgan fingerprint density at radius 2 is 1.68 bits per heavy atom. The van der Waals surface area contributed by atoms with Crippen LogP contribution in [0.1, 0.15) is 18.4 Å². The number of nitrogens with two attached hydrogens (primary N) is 2. The molecule has 0 bridgehead atoms. The number of halogens is 1. The van der Waals surface area contributed by atoms with Gasteiger partial charge in [0.1, 0.15) is 11.8 Å². The number of amides is 2. The maximum absolute atomic E-state index is 12.5. The summed E-state index contributed by atoms with van der Waals surface area (Å²) in [5.74, 6) is -0.176. The van der Waals surface area contributed by atoms with Crippen molar-refractivity contribution in [1.29, 1.82) is 0 Å². The maximum Gasteiger partial charge on any atom is 0.240 e. The molecule has 1 heterocycles. The predicted molar refractivity (Wildman–Crippen MR) is 151 cm³/mol. The third kappa shape index (κ3) is 7.33. The van der Waals surface area contributed by atoms with E-state index < -0.39 is 11.9 Å². The Hall–Kier alpha value is -4.36. The molecule has 4 aromatic rings. The first-order valence-corrected chi connectivity index (χ1v) is 12.6. The largest absolute Gasteiger partial charge is 0.494 e. The molecule has 0 fully saturated rings. The van der Waals surface area contributed by atoms with Crippen molar-refractivity contribution in [1.82, 2.24) is 10.3 Å². The van der Waals surface area contributed by atoms with E-state index in [0.717, 1.165) is 27.8 Å². The third-order valence-electron chi connectivity index (χ3n) is 6.01. The van der Waals surface area contributed by atoms with Gasteiger partial charge in [-0.25, -0.2) is 0 Å². The number of carbonyl (C=O) groups is 2.